The first-order chi connectivity index (χ1) is 16.0. The summed E-state index contributed by atoms with van der Waals surface area (Å²) in [6, 6.07) is 14.8. The molecule has 33 heavy (non-hydrogen) atoms. The summed E-state index contributed by atoms with van der Waals surface area (Å²) < 4.78 is 12.1. The lowest BCUT2D eigenvalue weighted by atomic mass is 10.1. The van der Waals surface area contributed by atoms with Crippen LogP contribution in [-0.4, -0.2) is 39.7 Å². The van der Waals surface area contributed by atoms with Gasteiger partial charge in [-0.25, -0.2) is 14.3 Å². The number of fused-ring (bicyclic) bond motifs is 3. The van der Waals surface area contributed by atoms with E-state index in [1.807, 2.05) is 42.6 Å². The van der Waals surface area contributed by atoms with Crippen LogP contribution in [0.3, 0.4) is 0 Å². The van der Waals surface area contributed by atoms with E-state index in [1.165, 1.54) is 0 Å². The molecule has 0 aliphatic heterocycles. The van der Waals surface area contributed by atoms with Crippen molar-refractivity contribution in [1.29, 1.82) is 0 Å². The summed E-state index contributed by atoms with van der Waals surface area (Å²) in [4.78, 5) is 28.8. The van der Waals surface area contributed by atoms with Gasteiger partial charge in [-0.05, 0) is 57.0 Å². The Hall–Kier alpha value is -3.94. The SMILES string of the molecule is CCOC(=O)COc1cccc(NC(=O)CCc2c(C)nc3c4ccccc4nn3c2C)c1. The Bertz CT molecular complexity index is 1330. The number of benzene rings is 2. The first-order valence-electron chi connectivity index (χ1n) is 10.9. The van der Waals surface area contributed by atoms with Crippen LogP contribution in [0.2, 0.25) is 0 Å². The first-order valence-corrected chi connectivity index (χ1v) is 10.9. The maximum Gasteiger partial charge on any atom is 0.344 e. The predicted octanol–water partition coefficient (Wildman–Crippen LogP) is 4.01. The molecule has 4 rings (SSSR count). The van der Waals surface area contributed by atoms with Crippen molar-refractivity contribution in [3.8, 4) is 5.75 Å². The van der Waals surface area contributed by atoms with Gasteiger partial charge < -0.3 is 14.8 Å². The van der Waals surface area contributed by atoms with E-state index in [2.05, 4.69) is 10.4 Å². The molecule has 2 aromatic carbocycles. The van der Waals surface area contributed by atoms with Crippen LogP contribution in [0.4, 0.5) is 5.69 Å². The molecule has 0 bridgehead atoms. The summed E-state index contributed by atoms with van der Waals surface area (Å²) in [6.07, 6.45) is 0.839. The number of nitrogens with zero attached hydrogens (tertiary/aromatic N) is 3. The predicted molar refractivity (Wildman–Crippen MR) is 125 cm³/mol. The molecule has 8 heteroatoms. The lowest BCUT2D eigenvalue weighted by Crippen LogP contribution is -2.15. The number of hydrogen-bond donors (Lipinski definition) is 1. The molecular formula is C25H26N4O4. The molecule has 0 spiro atoms. The van der Waals surface area contributed by atoms with Crippen LogP contribution in [0.15, 0.2) is 48.5 Å². The number of anilines is 1. The van der Waals surface area contributed by atoms with Gasteiger partial charge in [-0.2, -0.15) is 5.10 Å². The topological polar surface area (TPSA) is 94.8 Å². The summed E-state index contributed by atoms with van der Waals surface area (Å²) in [5.74, 6) is -0.0802. The second-order valence-corrected chi connectivity index (χ2v) is 7.68. The fraction of sp³-hybridized carbons (Fsp3) is 0.280. The van der Waals surface area contributed by atoms with Crippen molar-refractivity contribution in [2.75, 3.05) is 18.5 Å². The molecule has 1 amide bonds. The highest BCUT2D eigenvalue weighted by atomic mass is 16.6. The molecule has 0 radical (unpaired) electrons. The second kappa shape index (κ2) is 9.68. The number of hydrogen-bond acceptors (Lipinski definition) is 6. The third kappa shape index (κ3) is 4.95. The van der Waals surface area contributed by atoms with Crippen molar-refractivity contribution in [2.45, 2.75) is 33.6 Å². The first kappa shape index (κ1) is 22.3. The van der Waals surface area contributed by atoms with Crippen LogP contribution in [0.1, 0.15) is 30.3 Å². The van der Waals surface area contributed by atoms with Crippen molar-refractivity contribution in [1.82, 2.24) is 14.6 Å². The summed E-state index contributed by atoms with van der Waals surface area (Å²) in [5, 5.41) is 8.57. The van der Waals surface area contributed by atoms with E-state index in [-0.39, 0.29) is 12.5 Å². The van der Waals surface area contributed by atoms with E-state index in [1.54, 1.807) is 31.2 Å². The van der Waals surface area contributed by atoms with Crippen LogP contribution in [0.25, 0.3) is 16.6 Å². The van der Waals surface area contributed by atoms with Gasteiger partial charge in [0.15, 0.2) is 12.3 Å². The van der Waals surface area contributed by atoms with Crippen LogP contribution in [0, 0.1) is 13.8 Å². The average Bonchev–Trinajstić information content (AvgIpc) is 3.17. The number of aromatic nitrogens is 3. The monoisotopic (exact) mass is 446 g/mol. The summed E-state index contributed by atoms with van der Waals surface area (Å²) >= 11 is 0. The van der Waals surface area contributed by atoms with Crippen LogP contribution in [-0.2, 0) is 20.7 Å². The molecule has 0 saturated heterocycles. The van der Waals surface area contributed by atoms with Gasteiger partial charge in [-0.15, -0.1) is 0 Å². The van der Waals surface area contributed by atoms with Gasteiger partial charge in [0.05, 0.1) is 12.1 Å². The minimum Gasteiger partial charge on any atom is -0.482 e. The van der Waals surface area contributed by atoms with Crippen molar-refractivity contribution >= 4 is 34.1 Å². The number of carbonyl (C=O) groups is 2. The largest absolute Gasteiger partial charge is 0.482 e. The Morgan fingerprint density at radius 3 is 2.73 bits per heavy atom. The zero-order valence-corrected chi connectivity index (χ0v) is 18.9. The normalized spacial score (nSPS) is 11.0. The molecule has 0 saturated carbocycles. The Morgan fingerprint density at radius 1 is 1.09 bits per heavy atom. The third-order valence-electron chi connectivity index (χ3n) is 5.40. The van der Waals surface area contributed by atoms with E-state index in [4.69, 9.17) is 14.5 Å². The molecule has 0 atom stereocenters. The van der Waals surface area contributed by atoms with Crippen LogP contribution < -0.4 is 10.1 Å². The Kier molecular flexibility index (Phi) is 6.53. The number of aryl methyl sites for hydroxylation is 2. The molecule has 170 valence electrons. The fourth-order valence-electron chi connectivity index (χ4n) is 3.81. The highest BCUT2D eigenvalue weighted by Gasteiger charge is 2.15. The Balaban J connectivity index is 1.42. The number of esters is 1. The molecular weight excluding hydrogens is 420 g/mol. The van der Waals surface area contributed by atoms with Gasteiger partial charge in [-0.1, -0.05) is 18.2 Å². The highest BCUT2D eigenvalue weighted by Crippen LogP contribution is 2.23. The zero-order valence-electron chi connectivity index (χ0n) is 18.9. The average molecular weight is 447 g/mol. The maximum absolute atomic E-state index is 12.6. The van der Waals surface area contributed by atoms with Crippen molar-refractivity contribution < 1.29 is 19.1 Å². The maximum atomic E-state index is 12.6. The van der Waals surface area contributed by atoms with Crippen molar-refractivity contribution in [2.24, 2.45) is 0 Å². The molecule has 0 aliphatic carbocycles. The smallest absolute Gasteiger partial charge is 0.344 e. The van der Waals surface area contributed by atoms with Gasteiger partial charge in [0.2, 0.25) is 5.91 Å². The van der Waals surface area contributed by atoms with Gasteiger partial charge in [0, 0.05) is 34.9 Å². The minimum absolute atomic E-state index is 0.123. The number of ether oxygens (including phenoxy) is 2. The third-order valence-corrected chi connectivity index (χ3v) is 5.40. The van der Waals surface area contributed by atoms with Crippen LogP contribution >= 0.6 is 0 Å². The molecule has 1 N–H and O–H groups in total. The van der Waals surface area contributed by atoms with Gasteiger partial charge in [0.25, 0.3) is 0 Å². The number of carbonyl (C=O) groups excluding carboxylic acids is 2. The van der Waals surface area contributed by atoms with Gasteiger partial charge in [0.1, 0.15) is 5.75 Å². The standard InChI is InChI=1S/C25H26N4O4/c1-4-32-24(31)15-33-19-9-7-8-18(14-19)27-23(30)13-12-20-16(2)26-25-21-10-5-6-11-22(21)28-29(25)17(20)3/h5-11,14H,4,12-13,15H2,1-3H3,(H,27,30). The molecule has 0 unspecified atom stereocenters. The molecule has 4 aromatic rings. The van der Waals surface area contributed by atoms with E-state index >= 15 is 0 Å². The fourth-order valence-corrected chi connectivity index (χ4v) is 3.81. The molecule has 8 nitrogen and oxygen atoms in total. The summed E-state index contributed by atoms with van der Waals surface area (Å²) in [7, 11) is 0. The van der Waals surface area contributed by atoms with Crippen molar-refractivity contribution in [3.63, 3.8) is 0 Å². The lowest BCUT2D eigenvalue weighted by molar-refractivity contribution is -0.145. The minimum atomic E-state index is -0.437. The summed E-state index contributed by atoms with van der Waals surface area (Å²) in [6.45, 7) is 5.83. The van der Waals surface area contributed by atoms with Crippen LogP contribution in [0.5, 0.6) is 5.75 Å². The molecule has 0 aliphatic rings. The Morgan fingerprint density at radius 2 is 1.91 bits per heavy atom. The van der Waals surface area contributed by atoms with Gasteiger partial charge >= 0.3 is 5.97 Å². The lowest BCUT2D eigenvalue weighted by Gasteiger charge is -2.12. The molecule has 0 fully saturated rings. The van der Waals surface area contributed by atoms with E-state index in [0.29, 0.717) is 30.9 Å². The van der Waals surface area contributed by atoms with Gasteiger partial charge in [-0.3, -0.25) is 4.79 Å². The highest BCUT2D eigenvalue weighted by molar-refractivity contribution is 5.92. The second-order valence-electron chi connectivity index (χ2n) is 7.68. The van der Waals surface area contributed by atoms with E-state index < -0.39 is 5.97 Å². The zero-order chi connectivity index (χ0) is 23.4. The number of nitrogens with one attached hydrogen (secondary N) is 1. The Labute approximate surface area is 191 Å². The molecule has 2 heterocycles. The molecule has 2 aromatic heterocycles. The van der Waals surface area contributed by atoms with Crippen molar-refractivity contribution in [3.05, 3.63) is 65.5 Å². The number of amides is 1. The van der Waals surface area contributed by atoms with E-state index in [0.717, 1.165) is 33.5 Å². The van der Waals surface area contributed by atoms with E-state index in [9.17, 15) is 9.59 Å². The quantitative estimate of drug-likeness (QED) is 0.411. The number of rotatable bonds is 8. The summed E-state index contributed by atoms with van der Waals surface area (Å²) in [5.41, 5.74) is 5.21.